The highest BCUT2D eigenvalue weighted by Gasteiger charge is 2.23. The third-order valence-corrected chi connectivity index (χ3v) is 4.01. The van der Waals surface area contributed by atoms with Crippen LogP contribution >= 0.6 is 11.6 Å². The Balaban J connectivity index is 2.05. The van der Waals surface area contributed by atoms with Crippen molar-refractivity contribution in [1.29, 1.82) is 0 Å². The van der Waals surface area contributed by atoms with Crippen LogP contribution < -0.4 is 20.5 Å². The summed E-state index contributed by atoms with van der Waals surface area (Å²) >= 11 is 6.25. The zero-order valence-electron chi connectivity index (χ0n) is 13.8. The molecule has 0 aliphatic carbocycles. The number of nitrogens with zero attached hydrogens (tertiary/aromatic N) is 1. The van der Waals surface area contributed by atoms with Gasteiger partial charge in [-0.2, -0.15) is 0 Å². The lowest BCUT2D eigenvalue weighted by Crippen LogP contribution is -2.35. The summed E-state index contributed by atoms with van der Waals surface area (Å²) in [4.78, 5) is 24.2. The van der Waals surface area contributed by atoms with E-state index < -0.39 is 5.91 Å². The zero-order chi connectivity index (χ0) is 17.7. The predicted octanol–water partition coefficient (Wildman–Crippen LogP) is 0.923. The van der Waals surface area contributed by atoms with Crippen molar-refractivity contribution in [3.63, 3.8) is 0 Å². The summed E-state index contributed by atoms with van der Waals surface area (Å²) in [6, 6.07) is 3.79. The number of rotatable bonds is 7. The van der Waals surface area contributed by atoms with E-state index in [0.717, 1.165) is 25.1 Å². The number of primary amides is 1. The molecule has 8 heteroatoms. The average molecular weight is 356 g/mol. The second-order valence-electron chi connectivity index (χ2n) is 5.79. The molecule has 2 amide bonds. The van der Waals surface area contributed by atoms with Crippen molar-refractivity contribution in [1.82, 2.24) is 10.2 Å². The van der Waals surface area contributed by atoms with Gasteiger partial charge in [-0.3, -0.25) is 14.5 Å². The minimum absolute atomic E-state index is 0.0116. The summed E-state index contributed by atoms with van der Waals surface area (Å²) in [7, 11) is 1.51. The van der Waals surface area contributed by atoms with Crippen LogP contribution in [0.4, 0.5) is 0 Å². The van der Waals surface area contributed by atoms with Crippen LogP contribution in [0, 0.1) is 0 Å². The third-order valence-electron chi connectivity index (χ3n) is 3.73. The first kappa shape index (κ1) is 18.4. The number of benzene rings is 1. The van der Waals surface area contributed by atoms with Crippen LogP contribution in [-0.2, 0) is 16.1 Å². The Morgan fingerprint density at radius 2 is 2.21 bits per heavy atom. The topological polar surface area (TPSA) is 93.9 Å². The summed E-state index contributed by atoms with van der Waals surface area (Å²) in [5.41, 5.74) is 6.05. The molecule has 3 N–H and O–H groups in total. The predicted molar refractivity (Wildman–Crippen MR) is 90.2 cm³/mol. The monoisotopic (exact) mass is 355 g/mol. The standard InChI is InChI=1S/C16H22ClN3O4/c1-10(21)19-12-3-4-20(8-12)7-11-5-13(17)16(14(6-11)23-2)24-9-15(18)22/h5-6,12H,3-4,7-9H2,1-2H3,(H2,18,22)(H,19,21)/t12-/m1/s1. The van der Waals surface area contributed by atoms with E-state index in [1.165, 1.54) is 14.0 Å². The first-order chi connectivity index (χ1) is 11.4. The molecule has 1 fully saturated rings. The van der Waals surface area contributed by atoms with Crippen LogP contribution in [0.25, 0.3) is 0 Å². The average Bonchev–Trinajstić information content (AvgIpc) is 2.91. The molecular formula is C16H22ClN3O4. The molecule has 0 saturated carbocycles. The maximum absolute atomic E-state index is 11.1. The molecule has 1 saturated heterocycles. The molecule has 0 unspecified atom stereocenters. The van der Waals surface area contributed by atoms with Gasteiger partial charge in [-0.25, -0.2) is 0 Å². The van der Waals surface area contributed by atoms with E-state index in [1.807, 2.05) is 6.07 Å². The van der Waals surface area contributed by atoms with Crippen LogP contribution in [0.5, 0.6) is 11.5 Å². The molecule has 24 heavy (non-hydrogen) atoms. The summed E-state index contributed by atoms with van der Waals surface area (Å²) < 4.78 is 10.6. The van der Waals surface area contributed by atoms with E-state index in [9.17, 15) is 9.59 Å². The van der Waals surface area contributed by atoms with E-state index >= 15 is 0 Å². The van der Waals surface area contributed by atoms with E-state index in [0.29, 0.717) is 23.1 Å². The lowest BCUT2D eigenvalue weighted by atomic mass is 10.2. The Kier molecular flexibility index (Phi) is 6.28. The minimum Gasteiger partial charge on any atom is -0.493 e. The van der Waals surface area contributed by atoms with Crippen molar-refractivity contribution in [2.75, 3.05) is 26.8 Å². The number of nitrogens with one attached hydrogen (secondary N) is 1. The number of amides is 2. The Bertz CT molecular complexity index is 624. The molecule has 0 spiro atoms. The number of methoxy groups -OCH3 is 1. The fourth-order valence-corrected chi connectivity index (χ4v) is 3.08. The van der Waals surface area contributed by atoms with Gasteiger partial charge in [-0.1, -0.05) is 11.6 Å². The van der Waals surface area contributed by atoms with Crippen LogP contribution in [0.3, 0.4) is 0 Å². The van der Waals surface area contributed by atoms with Crippen molar-refractivity contribution in [3.8, 4) is 11.5 Å². The highest BCUT2D eigenvalue weighted by molar-refractivity contribution is 6.32. The molecular weight excluding hydrogens is 334 g/mol. The lowest BCUT2D eigenvalue weighted by Gasteiger charge is -2.18. The van der Waals surface area contributed by atoms with E-state index in [-0.39, 0.29) is 18.6 Å². The fourth-order valence-electron chi connectivity index (χ4n) is 2.79. The van der Waals surface area contributed by atoms with Gasteiger partial charge in [0.2, 0.25) is 5.91 Å². The van der Waals surface area contributed by atoms with Gasteiger partial charge in [-0.15, -0.1) is 0 Å². The van der Waals surface area contributed by atoms with E-state index in [1.54, 1.807) is 6.07 Å². The van der Waals surface area contributed by atoms with Gasteiger partial charge in [0.05, 0.1) is 12.1 Å². The first-order valence-electron chi connectivity index (χ1n) is 7.66. The SMILES string of the molecule is COc1cc(CN2CC[C@@H](NC(C)=O)C2)cc(Cl)c1OCC(N)=O. The van der Waals surface area contributed by atoms with Crippen LogP contribution in [-0.4, -0.2) is 49.6 Å². The largest absolute Gasteiger partial charge is 0.493 e. The maximum Gasteiger partial charge on any atom is 0.255 e. The fraction of sp³-hybridized carbons (Fsp3) is 0.500. The maximum atomic E-state index is 11.1. The van der Waals surface area contributed by atoms with Crippen molar-refractivity contribution in [3.05, 3.63) is 22.7 Å². The number of nitrogens with two attached hydrogens (primary N) is 1. The number of ether oxygens (including phenoxy) is 2. The van der Waals surface area contributed by atoms with Crippen LogP contribution in [0.15, 0.2) is 12.1 Å². The third kappa shape index (κ3) is 5.01. The molecule has 1 aromatic rings. The highest BCUT2D eigenvalue weighted by Crippen LogP contribution is 2.36. The van der Waals surface area contributed by atoms with Crippen LogP contribution in [0.1, 0.15) is 18.9 Å². The quantitative estimate of drug-likeness (QED) is 0.758. The van der Waals surface area contributed by atoms with E-state index in [2.05, 4.69) is 10.2 Å². The Morgan fingerprint density at radius 3 is 2.83 bits per heavy atom. The molecule has 1 atom stereocenters. The first-order valence-corrected chi connectivity index (χ1v) is 8.03. The number of hydrogen-bond donors (Lipinski definition) is 2. The smallest absolute Gasteiger partial charge is 0.255 e. The normalized spacial score (nSPS) is 17.5. The number of likely N-dealkylation sites (tertiary alicyclic amines) is 1. The Hall–Kier alpha value is -1.99. The Morgan fingerprint density at radius 1 is 1.46 bits per heavy atom. The molecule has 7 nitrogen and oxygen atoms in total. The molecule has 132 valence electrons. The van der Waals surface area contributed by atoms with Gasteiger partial charge in [0.1, 0.15) is 0 Å². The van der Waals surface area contributed by atoms with Crippen molar-refractivity contribution in [2.24, 2.45) is 5.73 Å². The lowest BCUT2D eigenvalue weighted by molar-refractivity contribution is -0.120. The molecule has 0 aromatic heterocycles. The Labute approximate surface area is 146 Å². The number of hydrogen-bond acceptors (Lipinski definition) is 5. The van der Waals surface area contributed by atoms with Gasteiger partial charge >= 0.3 is 0 Å². The van der Waals surface area contributed by atoms with Crippen LogP contribution in [0.2, 0.25) is 5.02 Å². The summed E-state index contributed by atoms with van der Waals surface area (Å²) in [6.07, 6.45) is 0.921. The summed E-state index contributed by atoms with van der Waals surface area (Å²) in [5, 5.41) is 3.30. The second-order valence-corrected chi connectivity index (χ2v) is 6.19. The molecule has 1 aliphatic heterocycles. The zero-order valence-corrected chi connectivity index (χ0v) is 14.6. The molecule has 2 rings (SSSR count). The molecule has 1 heterocycles. The van der Waals surface area contributed by atoms with E-state index in [4.69, 9.17) is 26.8 Å². The van der Waals surface area contributed by atoms with Gasteiger partial charge in [-0.05, 0) is 24.1 Å². The van der Waals surface area contributed by atoms with Gasteiger partial charge < -0.3 is 20.5 Å². The minimum atomic E-state index is -0.585. The number of carbonyl (C=O) groups excluding carboxylic acids is 2. The summed E-state index contributed by atoms with van der Waals surface area (Å²) in [5.74, 6) is 0.163. The molecule has 1 aliphatic rings. The number of halogens is 1. The highest BCUT2D eigenvalue weighted by atomic mass is 35.5. The van der Waals surface area contributed by atoms with Crippen molar-refractivity contribution in [2.45, 2.75) is 25.9 Å². The van der Waals surface area contributed by atoms with Crippen molar-refractivity contribution < 1.29 is 19.1 Å². The molecule has 0 radical (unpaired) electrons. The summed E-state index contributed by atoms with van der Waals surface area (Å²) in [6.45, 7) is 3.63. The van der Waals surface area contributed by atoms with Gasteiger partial charge in [0.15, 0.2) is 18.1 Å². The second kappa shape index (κ2) is 8.21. The molecule has 0 bridgehead atoms. The van der Waals surface area contributed by atoms with Crippen molar-refractivity contribution >= 4 is 23.4 Å². The van der Waals surface area contributed by atoms with Gasteiger partial charge in [0, 0.05) is 32.6 Å². The van der Waals surface area contributed by atoms with Gasteiger partial charge in [0.25, 0.3) is 5.91 Å². The number of carbonyl (C=O) groups is 2. The molecule has 1 aromatic carbocycles.